The lowest BCUT2D eigenvalue weighted by atomic mass is 9.81. The molecule has 1 fully saturated rings. The summed E-state index contributed by atoms with van der Waals surface area (Å²) in [5.74, 6) is 0.604. The molecule has 1 nitrogen and oxygen atoms in total. The van der Waals surface area contributed by atoms with E-state index in [0.717, 1.165) is 15.1 Å². The van der Waals surface area contributed by atoms with Crippen molar-refractivity contribution in [2.45, 2.75) is 38.1 Å². The fraction of sp³-hybridized carbons (Fsp3) is 0.538. The molecule has 0 aromatic heterocycles. The van der Waals surface area contributed by atoms with Gasteiger partial charge in [0, 0.05) is 15.5 Å². The topological polar surface area (TPSA) is 26.0 Å². The second-order valence-corrected chi connectivity index (χ2v) is 5.91. The van der Waals surface area contributed by atoms with E-state index in [1.807, 2.05) is 18.2 Å². The lowest BCUT2D eigenvalue weighted by Crippen LogP contribution is -2.23. The molecule has 0 aliphatic heterocycles. The van der Waals surface area contributed by atoms with Crippen LogP contribution in [0.4, 0.5) is 0 Å². The van der Waals surface area contributed by atoms with Gasteiger partial charge >= 0.3 is 0 Å². The third kappa shape index (κ3) is 2.79. The van der Waals surface area contributed by atoms with Gasteiger partial charge in [0.1, 0.15) is 0 Å². The van der Waals surface area contributed by atoms with Gasteiger partial charge in [-0.15, -0.1) is 0 Å². The van der Waals surface area contributed by atoms with E-state index >= 15 is 0 Å². The molecule has 1 aliphatic rings. The Morgan fingerprint density at radius 1 is 1.25 bits per heavy atom. The quantitative estimate of drug-likeness (QED) is 0.843. The van der Waals surface area contributed by atoms with Crippen molar-refractivity contribution in [3.8, 4) is 0 Å². The summed E-state index contributed by atoms with van der Waals surface area (Å²) in [6.07, 6.45) is 6.47. The maximum atomic E-state index is 6.32. The Bertz CT molecular complexity index is 361. The van der Waals surface area contributed by atoms with E-state index in [1.54, 1.807) is 0 Å². The highest BCUT2D eigenvalue weighted by Gasteiger charge is 2.23. The summed E-state index contributed by atoms with van der Waals surface area (Å²) in [5, 5.41) is 0.785. The van der Waals surface area contributed by atoms with Crippen LogP contribution in [0, 0.1) is 5.92 Å². The Balaban J connectivity index is 2.15. The molecule has 1 aromatic carbocycles. The molecule has 2 N–H and O–H groups in total. The van der Waals surface area contributed by atoms with Crippen LogP contribution < -0.4 is 5.73 Å². The first-order chi connectivity index (χ1) is 7.68. The van der Waals surface area contributed by atoms with Crippen LogP contribution in [0.5, 0.6) is 0 Å². The minimum atomic E-state index is 0.0981. The van der Waals surface area contributed by atoms with Crippen LogP contribution in [0.15, 0.2) is 22.7 Å². The van der Waals surface area contributed by atoms with Crippen LogP contribution in [-0.2, 0) is 0 Å². The Labute approximate surface area is 110 Å². The minimum absolute atomic E-state index is 0.0981. The lowest BCUT2D eigenvalue weighted by molar-refractivity contribution is 0.308. The minimum Gasteiger partial charge on any atom is -0.324 e. The summed E-state index contributed by atoms with van der Waals surface area (Å²) in [6.45, 7) is 0. The third-order valence-electron chi connectivity index (χ3n) is 3.48. The molecule has 1 atom stereocenters. The van der Waals surface area contributed by atoms with Gasteiger partial charge in [0.15, 0.2) is 0 Å². The van der Waals surface area contributed by atoms with Crippen molar-refractivity contribution >= 4 is 27.5 Å². The summed E-state index contributed by atoms with van der Waals surface area (Å²) in [5.41, 5.74) is 7.42. The molecular formula is C13H17BrClN. The highest BCUT2D eigenvalue weighted by atomic mass is 79.9. The van der Waals surface area contributed by atoms with Gasteiger partial charge in [0.2, 0.25) is 0 Å². The number of nitrogens with two attached hydrogens (primary N) is 1. The van der Waals surface area contributed by atoms with Gasteiger partial charge in [-0.1, -0.05) is 52.9 Å². The number of halogens is 2. The van der Waals surface area contributed by atoms with Crippen LogP contribution in [0.1, 0.15) is 43.7 Å². The standard InChI is InChI=1S/C13H17BrClN/c14-10-6-7-11(12(15)8-10)13(16)9-4-2-1-3-5-9/h6-9,13H,1-5,16H2/t13-/m0/s1. The Kier molecular flexibility index (Phi) is 4.28. The summed E-state index contributed by atoms with van der Waals surface area (Å²) in [4.78, 5) is 0. The molecule has 0 unspecified atom stereocenters. The van der Waals surface area contributed by atoms with Gasteiger partial charge in [-0.05, 0) is 36.5 Å². The summed E-state index contributed by atoms with van der Waals surface area (Å²) < 4.78 is 1.01. The molecule has 3 heteroatoms. The molecule has 0 bridgehead atoms. The maximum absolute atomic E-state index is 6.32. The smallest absolute Gasteiger partial charge is 0.0465 e. The molecule has 0 radical (unpaired) electrons. The van der Waals surface area contributed by atoms with Gasteiger partial charge in [-0.25, -0.2) is 0 Å². The first-order valence-corrected chi connectivity index (χ1v) is 7.06. The first-order valence-electron chi connectivity index (χ1n) is 5.89. The first kappa shape index (κ1) is 12.4. The largest absolute Gasteiger partial charge is 0.324 e. The van der Waals surface area contributed by atoms with Crippen molar-refractivity contribution in [2.24, 2.45) is 11.7 Å². The molecule has 1 aliphatic carbocycles. The predicted octanol–water partition coefficient (Wildman–Crippen LogP) is 4.68. The monoisotopic (exact) mass is 301 g/mol. The average molecular weight is 303 g/mol. The van der Waals surface area contributed by atoms with Crippen molar-refractivity contribution in [1.82, 2.24) is 0 Å². The molecule has 0 amide bonds. The van der Waals surface area contributed by atoms with Crippen LogP contribution >= 0.6 is 27.5 Å². The number of hydrogen-bond acceptors (Lipinski definition) is 1. The average Bonchev–Trinajstić information content (AvgIpc) is 2.29. The molecule has 0 spiro atoms. The Morgan fingerprint density at radius 3 is 2.56 bits per heavy atom. The number of hydrogen-bond donors (Lipinski definition) is 1. The van der Waals surface area contributed by atoms with Crippen LogP contribution in [-0.4, -0.2) is 0 Å². The zero-order valence-corrected chi connectivity index (χ0v) is 11.6. The van der Waals surface area contributed by atoms with E-state index in [9.17, 15) is 0 Å². The molecule has 1 aromatic rings. The number of rotatable bonds is 2. The van der Waals surface area contributed by atoms with E-state index < -0.39 is 0 Å². The van der Waals surface area contributed by atoms with E-state index in [2.05, 4.69) is 15.9 Å². The SMILES string of the molecule is N[C@H](c1ccc(Br)cc1Cl)C1CCCCC1. The van der Waals surface area contributed by atoms with Crippen molar-refractivity contribution in [3.63, 3.8) is 0 Å². The van der Waals surface area contributed by atoms with E-state index in [1.165, 1.54) is 32.1 Å². The van der Waals surface area contributed by atoms with Gasteiger partial charge in [-0.3, -0.25) is 0 Å². The van der Waals surface area contributed by atoms with Gasteiger partial charge in [0.05, 0.1) is 0 Å². The van der Waals surface area contributed by atoms with Crippen molar-refractivity contribution in [1.29, 1.82) is 0 Å². The predicted molar refractivity (Wildman–Crippen MR) is 72.7 cm³/mol. The molecular weight excluding hydrogens is 286 g/mol. The molecule has 1 saturated carbocycles. The van der Waals surface area contributed by atoms with Gasteiger partial charge < -0.3 is 5.73 Å². The number of benzene rings is 1. The Hall–Kier alpha value is -0.0500. The highest BCUT2D eigenvalue weighted by molar-refractivity contribution is 9.10. The van der Waals surface area contributed by atoms with Crippen LogP contribution in [0.3, 0.4) is 0 Å². The highest BCUT2D eigenvalue weighted by Crippen LogP contribution is 2.36. The summed E-state index contributed by atoms with van der Waals surface area (Å²) >= 11 is 9.65. The van der Waals surface area contributed by atoms with Crippen molar-refractivity contribution < 1.29 is 0 Å². The second kappa shape index (κ2) is 5.52. The molecule has 16 heavy (non-hydrogen) atoms. The van der Waals surface area contributed by atoms with E-state index in [0.29, 0.717) is 5.92 Å². The lowest BCUT2D eigenvalue weighted by Gasteiger charge is -2.28. The summed E-state index contributed by atoms with van der Waals surface area (Å²) in [7, 11) is 0. The van der Waals surface area contributed by atoms with E-state index in [-0.39, 0.29) is 6.04 Å². The van der Waals surface area contributed by atoms with Crippen molar-refractivity contribution in [3.05, 3.63) is 33.3 Å². The Morgan fingerprint density at radius 2 is 1.94 bits per heavy atom. The zero-order valence-electron chi connectivity index (χ0n) is 9.26. The fourth-order valence-corrected chi connectivity index (χ4v) is 3.32. The maximum Gasteiger partial charge on any atom is 0.0465 e. The fourth-order valence-electron chi connectivity index (χ4n) is 2.52. The zero-order chi connectivity index (χ0) is 11.5. The molecule has 0 heterocycles. The van der Waals surface area contributed by atoms with Gasteiger partial charge in [-0.2, -0.15) is 0 Å². The van der Waals surface area contributed by atoms with Gasteiger partial charge in [0.25, 0.3) is 0 Å². The van der Waals surface area contributed by atoms with Crippen LogP contribution in [0.2, 0.25) is 5.02 Å². The van der Waals surface area contributed by atoms with Crippen LogP contribution in [0.25, 0.3) is 0 Å². The second-order valence-electron chi connectivity index (χ2n) is 4.59. The normalized spacial score (nSPS) is 19.7. The molecule has 88 valence electrons. The van der Waals surface area contributed by atoms with E-state index in [4.69, 9.17) is 17.3 Å². The van der Waals surface area contributed by atoms with Crippen molar-refractivity contribution in [2.75, 3.05) is 0 Å². The summed E-state index contributed by atoms with van der Waals surface area (Å²) in [6, 6.07) is 6.09. The third-order valence-corrected chi connectivity index (χ3v) is 4.30. The molecule has 0 saturated heterocycles. The molecule has 2 rings (SSSR count).